The molecule has 0 unspecified atom stereocenters. The minimum atomic E-state index is -3.53. The summed E-state index contributed by atoms with van der Waals surface area (Å²) in [4.78, 5) is 22.1. The first-order valence-corrected chi connectivity index (χ1v) is 13.5. The van der Waals surface area contributed by atoms with Crippen molar-refractivity contribution in [2.45, 2.75) is 32.6 Å². The van der Waals surface area contributed by atoms with E-state index in [4.69, 9.17) is 4.98 Å². The second kappa shape index (κ2) is 9.40. The van der Waals surface area contributed by atoms with E-state index < -0.39 is 10.0 Å². The molecule has 1 aliphatic rings. The predicted molar refractivity (Wildman–Crippen MR) is 134 cm³/mol. The number of rotatable bonds is 6. The highest BCUT2D eigenvalue weighted by atomic mass is 32.2. The molecule has 0 atom stereocenters. The Morgan fingerprint density at radius 1 is 1.03 bits per heavy atom. The second-order valence-corrected chi connectivity index (χ2v) is 11.3. The Balaban J connectivity index is 1.43. The van der Waals surface area contributed by atoms with Gasteiger partial charge in [-0.1, -0.05) is 31.3 Å². The first kappa shape index (κ1) is 23.7. The average Bonchev–Trinajstić information content (AvgIpc) is 3.24. The number of nitrogens with zero attached hydrogens (tertiary/aromatic N) is 4. The summed E-state index contributed by atoms with van der Waals surface area (Å²) in [7, 11) is -3.53. The number of amides is 1. The lowest BCUT2D eigenvalue weighted by Gasteiger charge is -2.34. The van der Waals surface area contributed by atoms with Crippen LogP contribution in [-0.2, 0) is 10.0 Å². The Bertz CT molecular complexity index is 1260. The number of hydrogen-bond donors (Lipinski definition) is 0. The van der Waals surface area contributed by atoms with E-state index in [-0.39, 0.29) is 10.8 Å². The number of carbonyl (C=O) groups is 1. The number of benzene rings is 2. The molecule has 1 aliphatic heterocycles. The Morgan fingerprint density at radius 2 is 1.67 bits per heavy atom. The van der Waals surface area contributed by atoms with Crippen LogP contribution in [0.3, 0.4) is 0 Å². The lowest BCUT2D eigenvalue weighted by molar-refractivity contribution is 0.0746. The molecule has 1 saturated heterocycles. The molecular formula is C24H30N4O3S2. The number of aromatic nitrogens is 1. The van der Waals surface area contributed by atoms with Crippen LogP contribution < -0.4 is 4.90 Å². The number of anilines is 1. The summed E-state index contributed by atoms with van der Waals surface area (Å²) in [6, 6.07) is 10.6. The van der Waals surface area contributed by atoms with Crippen LogP contribution in [0.1, 0.15) is 35.3 Å². The van der Waals surface area contributed by atoms with Crippen LogP contribution in [0.15, 0.2) is 41.3 Å². The fourth-order valence-corrected chi connectivity index (χ4v) is 6.91. The van der Waals surface area contributed by atoms with Gasteiger partial charge in [-0.25, -0.2) is 13.4 Å². The summed E-state index contributed by atoms with van der Waals surface area (Å²) in [6.45, 7) is 11.3. The first-order chi connectivity index (χ1) is 15.7. The van der Waals surface area contributed by atoms with Gasteiger partial charge in [0.15, 0.2) is 5.13 Å². The fourth-order valence-electron chi connectivity index (χ4n) is 4.26. The number of thiazole rings is 1. The number of aryl methyl sites for hydroxylation is 2. The Labute approximate surface area is 199 Å². The molecule has 3 aromatic rings. The SMILES string of the molecule is CCN(CC)S(=O)(=O)c1ccc(C(=O)N2CCN(c3nc4c(C)cc(C)cc4s3)CC2)cc1. The highest BCUT2D eigenvalue weighted by Crippen LogP contribution is 2.32. The van der Waals surface area contributed by atoms with Crippen molar-refractivity contribution in [3.8, 4) is 0 Å². The van der Waals surface area contributed by atoms with E-state index in [9.17, 15) is 13.2 Å². The van der Waals surface area contributed by atoms with Gasteiger partial charge in [0.2, 0.25) is 10.0 Å². The number of sulfonamides is 1. The van der Waals surface area contributed by atoms with Crippen LogP contribution in [0.25, 0.3) is 10.2 Å². The van der Waals surface area contributed by atoms with Gasteiger partial charge in [0.25, 0.3) is 5.91 Å². The van der Waals surface area contributed by atoms with Crippen LogP contribution in [0.5, 0.6) is 0 Å². The lowest BCUT2D eigenvalue weighted by Crippen LogP contribution is -2.48. The molecule has 0 N–H and O–H groups in total. The first-order valence-electron chi connectivity index (χ1n) is 11.3. The largest absolute Gasteiger partial charge is 0.345 e. The van der Waals surface area contributed by atoms with Crippen molar-refractivity contribution in [2.75, 3.05) is 44.2 Å². The Hall–Kier alpha value is -2.49. The molecule has 0 spiro atoms. The van der Waals surface area contributed by atoms with Crippen LogP contribution in [0, 0.1) is 13.8 Å². The smallest absolute Gasteiger partial charge is 0.253 e. The summed E-state index contributed by atoms with van der Waals surface area (Å²) < 4.78 is 28.0. The van der Waals surface area contributed by atoms with Crippen molar-refractivity contribution in [3.05, 3.63) is 53.1 Å². The summed E-state index contributed by atoms with van der Waals surface area (Å²) >= 11 is 1.70. The molecule has 1 amide bonds. The van der Waals surface area contributed by atoms with E-state index in [0.717, 1.165) is 23.7 Å². The number of carbonyl (C=O) groups excluding carboxylic acids is 1. The quantitative estimate of drug-likeness (QED) is 0.528. The van der Waals surface area contributed by atoms with Crippen molar-refractivity contribution in [3.63, 3.8) is 0 Å². The van der Waals surface area contributed by atoms with Crippen molar-refractivity contribution in [1.29, 1.82) is 0 Å². The minimum absolute atomic E-state index is 0.0720. The molecule has 0 radical (unpaired) electrons. The average molecular weight is 487 g/mol. The zero-order valence-electron chi connectivity index (χ0n) is 19.5. The summed E-state index contributed by atoms with van der Waals surface area (Å²) in [5.41, 5.74) is 3.99. The molecule has 7 nitrogen and oxygen atoms in total. The van der Waals surface area contributed by atoms with Gasteiger partial charge in [-0.2, -0.15) is 4.31 Å². The maximum absolute atomic E-state index is 13.0. The van der Waals surface area contributed by atoms with Gasteiger partial charge in [0, 0.05) is 44.8 Å². The highest BCUT2D eigenvalue weighted by molar-refractivity contribution is 7.89. The van der Waals surface area contributed by atoms with Crippen LogP contribution in [0.4, 0.5) is 5.13 Å². The van der Waals surface area contributed by atoms with Crippen LogP contribution in [-0.4, -0.2) is 67.8 Å². The molecule has 0 aliphatic carbocycles. The zero-order valence-corrected chi connectivity index (χ0v) is 21.2. The molecular weight excluding hydrogens is 456 g/mol. The van der Waals surface area contributed by atoms with Crippen LogP contribution in [0.2, 0.25) is 0 Å². The maximum atomic E-state index is 13.0. The van der Waals surface area contributed by atoms with Crippen molar-refractivity contribution in [1.82, 2.24) is 14.2 Å². The van der Waals surface area contributed by atoms with E-state index in [1.165, 1.54) is 32.3 Å². The molecule has 33 heavy (non-hydrogen) atoms. The monoisotopic (exact) mass is 486 g/mol. The highest BCUT2D eigenvalue weighted by Gasteiger charge is 2.26. The van der Waals surface area contributed by atoms with E-state index in [2.05, 4.69) is 30.9 Å². The molecule has 1 aromatic heterocycles. The van der Waals surface area contributed by atoms with E-state index in [1.807, 2.05) is 18.7 Å². The Kier molecular flexibility index (Phi) is 6.74. The third-order valence-electron chi connectivity index (χ3n) is 6.10. The van der Waals surface area contributed by atoms with E-state index >= 15 is 0 Å². The molecule has 4 rings (SSSR count). The van der Waals surface area contributed by atoms with Gasteiger partial charge in [0.05, 0.1) is 15.1 Å². The second-order valence-electron chi connectivity index (χ2n) is 8.32. The summed E-state index contributed by atoms with van der Waals surface area (Å²) in [6.07, 6.45) is 0. The third-order valence-corrected chi connectivity index (χ3v) is 9.23. The normalized spacial score (nSPS) is 14.9. The molecule has 2 aromatic carbocycles. The van der Waals surface area contributed by atoms with Gasteiger partial charge < -0.3 is 9.80 Å². The minimum Gasteiger partial charge on any atom is -0.345 e. The van der Waals surface area contributed by atoms with E-state index in [0.29, 0.717) is 31.7 Å². The van der Waals surface area contributed by atoms with Gasteiger partial charge in [-0.05, 0) is 55.3 Å². The molecule has 2 heterocycles. The van der Waals surface area contributed by atoms with Crippen molar-refractivity contribution < 1.29 is 13.2 Å². The van der Waals surface area contributed by atoms with Gasteiger partial charge in [0.1, 0.15) is 0 Å². The number of fused-ring (bicyclic) bond motifs is 1. The number of piperazine rings is 1. The fraction of sp³-hybridized carbons (Fsp3) is 0.417. The maximum Gasteiger partial charge on any atom is 0.253 e. The summed E-state index contributed by atoms with van der Waals surface area (Å²) in [5.74, 6) is -0.0720. The van der Waals surface area contributed by atoms with E-state index in [1.54, 1.807) is 23.5 Å². The van der Waals surface area contributed by atoms with Gasteiger partial charge in [-0.15, -0.1) is 0 Å². The Morgan fingerprint density at radius 3 is 2.27 bits per heavy atom. The molecule has 9 heteroatoms. The summed E-state index contributed by atoms with van der Waals surface area (Å²) in [5, 5.41) is 0.997. The predicted octanol–water partition coefficient (Wildman–Crippen LogP) is 3.91. The lowest BCUT2D eigenvalue weighted by atomic mass is 10.1. The molecule has 176 valence electrons. The third kappa shape index (κ3) is 4.62. The topological polar surface area (TPSA) is 73.8 Å². The number of hydrogen-bond acceptors (Lipinski definition) is 6. The van der Waals surface area contributed by atoms with Crippen molar-refractivity contribution in [2.24, 2.45) is 0 Å². The molecule has 0 bridgehead atoms. The van der Waals surface area contributed by atoms with Crippen molar-refractivity contribution >= 4 is 42.6 Å². The van der Waals surface area contributed by atoms with Crippen LogP contribution >= 0.6 is 11.3 Å². The van der Waals surface area contributed by atoms with Gasteiger partial charge >= 0.3 is 0 Å². The molecule has 1 fully saturated rings. The van der Waals surface area contributed by atoms with Gasteiger partial charge in [-0.3, -0.25) is 4.79 Å². The molecule has 0 saturated carbocycles. The standard InChI is InChI=1S/C24H30N4O3S2/c1-5-28(6-2)33(30,31)20-9-7-19(8-10-20)23(29)26-11-13-27(14-12-26)24-25-22-18(4)15-17(3)16-21(22)32-24/h7-10,15-16H,5-6,11-14H2,1-4H3. The zero-order chi connectivity index (χ0) is 23.8.